The molecule has 0 radical (unpaired) electrons. The van der Waals surface area contributed by atoms with Gasteiger partial charge in [0.1, 0.15) is 5.37 Å². The molecule has 1 heterocycles. The van der Waals surface area contributed by atoms with Crippen molar-refractivity contribution in [2.75, 3.05) is 12.3 Å². The average molecular weight is 302 g/mol. The van der Waals surface area contributed by atoms with Gasteiger partial charge in [-0.25, -0.2) is 0 Å². The highest BCUT2D eigenvalue weighted by molar-refractivity contribution is 7.99. The van der Waals surface area contributed by atoms with Crippen molar-refractivity contribution >= 4 is 40.9 Å². The van der Waals surface area contributed by atoms with E-state index in [1.54, 1.807) is 17.8 Å². The third-order valence-electron chi connectivity index (χ3n) is 3.33. The summed E-state index contributed by atoms with van der Waals surface area (Å²) in [7, 11) is 0. The van der Waals surface area contributed by atoms with E-state index in [0.717, 1.165) is 30.7 Å². The normalized spacial score (nSPS) is 23.4. The van der Waals surface area contributed by atoms with Crippen LogP contribution in [0.15, 0.2) is 18.2 Å². The number of hydrogen-bond acceptors (Lipinski definition) is 2. The predicted octanol–water partition coefficient (Wildman–Crippen LogP) is 3.98. The Morgan fingerprint density at radius 1 is 1.33 bits per heavy atom. The SMILES string of the molecule is O=C(C1CC1)N1CCSC1c1ccc(Cl)cc1Cl. The second-order valence-electron chi connectivity index (χ2n) is 4.69. The first-order chi connectivity index (χ1) is 8.66. The van der Waals surface area contributed by atoms with E-state index < -0.39 is 0 Å². The summed E-state index contributed by atoms with van der Waals surface area (Å²) in [6.45, 7) is 0.823. The van der Waals surface area contributed by atoms with Crippen LogP contribution >= 0.6 is 35.0 Å². The zero-order valence-corrected chi connectivity index (χ0v) is 12.1. The van der Waals surface area contributed by atoms with Gasteiger partial charge in [0.2, 0.25) is 5.91 Å². The number of carbonyl (C=O) groups excluding carboxylic acids is 1. The summed E-state index contributed by atoms with van der Waals surface area (Å²) in [5.41, 5.74) is 0.998. The summed E-state index contributed by atoms with van der Waals surface area (Å²) in [5, 5.41) is 1.34. The van der Waals surface area contributed by atoms with Gasteiger partial charge in [-0.1, -0.05) is 29.3 Å². The lowest BCUT2D eigenvalue weighted by molar-refractivity contribution is -0.132. The van der Waals surface area contributed by atoms with Gasteiger partial charge in [-0.05, 0) is 25.0 Å². The maximum absolute atomic E-state index is 12.2. The zero-order chi connectivity index (χ0) is 12.7. The topological polar surface area (TPSA) is 20.3 Å². The van der Waals surface area contributed by atoms with Crippen LogP contribution in [-0.2, 0) is 4.79 Å². The molecule has 1 aromatic carbocycles. The summed E-state index contributed by atoms with van der Waals surface area (Å²) in [6.07, 6.45) is 2.09. The van der Waals surface area contributed by atoms with Gasteiger partial charge in [0.25, 0.3) is 0 Å². The van der Waals surface area contributed by atoms with Crippen molar-refractivity contribution < 1.29 is 4.79 Å². The summed E-state index contributed by atoms with van der Waals surface area (Å²) in [4.78, 5) is 14.2. The molecular weight excluding hydrogens is 289 g/mol. The number of rotatable bonds is 2. The first-order valence-electron chi connectivity index (χ1n) is 6.04. The molecule has 18 heavy (non-hydrogen) atoms. The minimum atomic E-state index is 0.0582. The van der Waals surface area contributed by atoms with Crippen LogP contribution in [0.2, 0.25) is 10.0 Å². The highest BCUT2D eigenvalue weighted by atomic mass is 35.5. The molecule has 0 aromatic heterocycles. The van der Waals surface area contributed by atoms with Crippen LogP contribution in [0.4, 0.5) is 0 Å². The fourth-order valence-electron chi connectivity index (χ4n) is 2.22. The maximum Gasteiger partial charge on any atom is 0.226 e. The van der Waals surface area contributed by atoms with Crippen LogP contribution in [0, 0.1) is 5.92 Å². The van der Waals surface area contributed by atoms with Crippen LogP contribution in [0.1, 0.15) is 23.8 Å². The maximum atomic E-state index is 12.2. The molecule has 1 atom stereocenters. The molecule has 0 spiro atoms. The van der Waals surface area contributed by atoms with Crippen molar-refractivity contribution in [2.45, 2.75) is 18.2 Å². The third kappa shape index (κ3) is 2.36. The molecular formula is C13H13Cl2NOS. The number of hydrogen-bond donors (Lipinski definition) is 0. The molecule has 2 aliphatic rings. The van der Waals surface area contributed by atoms with E-state index >= 15 is 0 Å². The predicted molar refractivity (Wildman–Crippen MR) is 76.1 cm³/mol. The van der Waals surface area contributed by atoms with Crippen molar-refractivity contribution in [3.05, 3.63) is 33.8 Å². The average Bonchev–Trinajstić information content (AvgIpc) is 3.07. The van der Waals surface area contributed by atoms with Gasteiger partial charge in [0.05, 0.1) is 0 Å². The van der Waals surface area contributed by atoms with Crippen molar-refractivity contribution in [1.82, 2.24) is 4.90 Å². The summed E-state index contributed by atoms with van der Waals surface area (Å²) < 4.78 is 0. The van der Waals surface area contributed by atoms with E-state index in [-0.39, 0.29) is 17.2 Å². The Morgan fingerprint density at radius 3 is 2.78 bits per heavy atom. The molecule has 1 unspecified atom stereocenters. The van der Waals surface area contributed by atoms with Gasteiger partial charge in [-0.2, -0.15) is 0 Å². The minimum absolute atomic E-state index is 0.0582. The molecule has 1 saturated heterocycles. The Labute approximate surface area is 121 Å². The molecule has 96 valence electrons. The van der Waals surface area contributed by atoms with Gasteiger partial charge in [0.15, 0.2) is 0 Å². The molecule has 0 N–H and O–H groups in total. The number of halogens is 2. The number of benzene rings is 1. The highest BCUT2D eigenvalue weighted by Gasteiger charge is 2.39. The number of amides is 1. The number of thioether (sulfide) groups is 1. The van der Waals surface area contributed by atoms with Crippen LogP contribution in [0.5, 0.6) is 0 Å². The van der Waals surface area contributed by atoms with Crippen molar-refractivity contribution in [2.24, 2.45) is 5.92 Å². The van der Waals surface area contributed by atoms with Crippen molar-refractivity contribution in [1.29, 1.82) is 0 Å². The first kappa shape index (κ1) is 12.6. The van der Waals surface area contributed by atoms with Gasteiger partial charge in [-0.3, -0.25) is 4.79 Å². The lowest BCUT2D eigenvalue weighted by atomic mass is 10.2. The summed E-state index contributed by atoms with van der Waals surface area (Å²) >= 11 is 13.9. The zero-order valence-electron chi connectivity index (χ0n) is 9.73. The van der Waals surface area contributed by atoms with Crippen molar-refractivity contribution in [3.63, 3.8) is 0 Å². The van der Waals surface area contributed by atoms with E-state index in [1.807, 2.05) is 17.0 Å². The van der Waals surface area contributed by atoms with Gasteiger partial charge >= 0.3 is 0 Å². The quantitative estimate of drug-likeness (QED) is 0.823. The summed E-state index contributed by atoms with van der Waals surface area (Å²) in [5.74, 6) is 1.52. The minimum Gasteiger partial charge on any atom is -0.325 e. The molecule has 2 fully saturated rings. The molecule has 5 heteroatoms. The monoisotopic (exact) mass is 301 g/mol. The lowest BCUT2D eigenvalue weighted by Gasteiger charge is -2.25. The van der Waals surface area contributed by atoms with E-state index in [9.17, 15) is 4.79 Å². The Kier molecular flexibility index (Phi) is 3.48. The Balaban J connectivity index is 1.87. The lowest BCUT2D eigenvalue weighted by Crippen LogP contribution is -2.31. The van der Waals surface area contributed by atoms with Crippen LogP contribution < -0.4 is 0 Å². The highest BCUT2D eigenvalue weighted by Crippen LogP contribution is 2.44. The van der Waals surface area contributed by atoms with E-state index in [4.69, 9.17) is 23.2 Å². The second-order valence-corrected chi connectivity index (χ2v) is 6.73. The van der Waals surface area contributed by atoms with Crippen LogP contribution in [0.25, 0.3) is 0 Å². The molecule has 0 bridgehead atoms. The van der Waals surface area contributed by atoms with Crippen LogP contribution in [-0.4, -0.2) is 23.1 Å². The van der Waals surface area contributed by atoms with E-state index in [0.29, 0.717) is 10.0 Å². The Hall–Kier alpha value is -0.380. The third-order valence-corrected chi connectivity index (χ3v) is 5.13. The standard InChI is InChI=1S/C13H13Cl2NOS/c14-9-3-4-10(11(15)7-9)13-16(5-6-18-13)12(17)8-1-2-8/h3-4,7-8,13H,1-2,5-6H2. The van der Waals surface area contributed by atoms with E-state index in [1.165, 1.54) is 0 Å². The Bertz CT molecular complexity index is 490. The number of carbonyl (C=O) groups is 1. The Morgan fingerprint density at radius 2 is 2.11 bits per heavy atom. The number of nitrogens with zero attached hydrogens (tertiary/aromatic N) is 1. The molecule has 1 saturated carbocycles. The molecule has 2 nitrogen and oxygen atoms in total. The molecule has 1 aliphatic heterocycles. The molecule has 1 aromatic rings. The van der Waals surface area contributed by atoms with Crippen LogP contribution in [0.3, 0.4) is 0 Å². The summed E-state index contributed by atoms with van der Waals surface area (Å²) in [6, 6.07) is 5.51. The smallest absolute Gasteiger partial charge is 0.226 e. The largest absolute Gasteiger partial charge is 0.325 e. The fraction of sp³-hybridized carbons (Fsp3) is 0.462. The molecule has 3 rings (SSSR count). The van der Waals surface area contributed by atoms with Gasteiger partial charge < -0.3 is 4.90 Å². The van der Waals surface area contributed by atoms with E-state index in [2.05, 4.69) is 0 Å². The van der Waals surface area contributed by atoms with Crippen molar-refractivity contribution in [3.8, 4) is 0 Å². The molecule has 1 aliphatic carbocycles. The fourth-order valence-corrected chi connectivity index (χ4v) is 4.10. The second kappa shape index (κ2) is 4.95. The first-order valence-corrected chi connectivity index (χ1v) is 7.84. The molecule has 1 amide bonds. The van der Waals surface area contributed by atoms with Gasteiger partial charge in [0, 0.05) is 33.8 Å². The van der Waals surface area contributed by atoms with Gasteiger partial charge in [-0.15, -0.1) is 11.8 Å².